The van der Waals surface area contributed by atoms with Crippen molar-refractivity contribution in [1.29, 1.82) is 5.26 Å². The van der Waals surface area contributed by atoms with E-state index in [1.165, 1.54) is 6.07 Å². The lowest BCUT2D eigenvalue weighted by Crippen LogP contribution is -2.25. The minimum atomic E-state index is -0.185. The maximum Gasteiger partial charge on any atom is 0.126 e. The zero-order valence-corrected chi connectivity index (χ0v) is 8.33. The molecule has 2 nitrogen and oxygen atoms in total. The predicted octanol–water partition coefficient (Wildman–Crippen LogP) is 1.76. The van der Waals surface area contributed by atoms with Gasteiger partial charge in [-0.25, -0.2) is 4.39 Å². The quantitative estimate of drug-likeness (QED) is 0.712. The van der Waals surface area contributed by atoms with Crippen molar-refractivity contribution in [2.45, 2.75) is 13.0 Å². The Kier molecular flexibility index (Phi) is 3.45. The van der Waals surface area contributed by atoms with E-state index in [2.05, 4.69) is 11.4 Å². The number of rotatable bonds is 0. The molecule has 2 rings (SSSR count). The first-order chi connectivity index (χ1) is 6.33. The summed E-state index contributed by atoms with van der Waals surface area (Å²) in [6.45, 7) is 1.40. The Balaban J connectivity index is 0.000000980. The van der Waals surface area contributed by atoms with Crippen molar-refractivity contribution < 1.29 is 4.39 Å². The summed E-state index contributed by atoms with van der Waals surface area (Å²) < 4.78 is 13.3. The fourth-order valence-corrected chi connectivity index (χ4v) is 1.67. The average molecular weight is 213 g/mol. The Morgan fingerprint density at radius 3 is 2.86 bits per heavy atom. The highest BCUT2D eigenvalue weighted by molar-refractivity contribution is 5.85. The van der Waals surface area contributed by atoms with Crippen molar-refractivity contribution >= 4 is 12.4 Å². The number of nitrogens with zero attached hydrogens (tertiary/aromatic N) is 1. The van der Waals surface area contributed by atoms with E-state index in [0.29, 0.717) is 24.1 Å². The molecule has 0 aromatic heterocycles. The van der Waals surface area contributed by atoms with Crippen molar-refractivity contribution in [1.82, 2.24) is 5.32 Å². The first kappa shape index (κ1) is 11.0. The minimum absolute atomic E-state index is 0. The van der Waals surface area contributed by atoms with Crippen molar-refractivity contribution in [3.8, 4) is 6.07 Å². The van der Waals surface area contributed by atoms with E-state index >= 15 is 0 Å². The number of fused-ring (bicyclic) bond motifs is 1. The summed E-state index contributed by atoms with van der Waals surface area (Å²) in [6.07, 6.45) is 0.677. The Morgan fingerprint density at radius 1 is 1.36 bits per heavy atom. The Hall–Kier alpha value is -1.11. The number of nitriles is 1. The largest absolute Gasteiger partial charge is 0.312 e. The normalized spacial score (nSPS) is 13.7. The Labute approximate surface area is 88.1 Å². The molecule has 4 heteroatoms. The monoisotopic (exact) mass is 212 g/mol. The average Bonchev–Trinajstić information content (AvgIpc) is 2.19. The standard InChI is InChI=1S/C10H9FN2.ClH/c11-10-2-1-7(5-12)9-6-13-4-3-8(9)10;/h1-2,13H,3-4,6H2;1H. The van der Waals surface area contributed by atoms with Gasteiger partial charge in [0.25, 0.3) is 0 Å². The SMILES string of the molecule is Cl.N#Cc1ccc(F)c2c1CNCC2. The maximum atomic E-state index is 13.3. The van der Waals surface area contributed by atoms with E-state index in [1.54, 1.807) is 6.07 Å². The lowest BCUT2D eigenvalue weighted by Gasteiger charge is -2.18. The summed E-state index contributed by atoms with van der Waals surface area (Å²) in [5.74, 6) is -0.185. The molecule has 0 radical (unpaired) electrons. The summed E-state index contributed by atoms with van der Waals surface area (Å²) >= 11 is 0. The highest BCUT2D eigenvalue weighted by atomic mass is 35.5. The van der Waals surface area contributed by atoms with Crippen molar-refractivity contribution in [2.75, 3.05) is 6.54 Å². The number of nitrogens with one attached hydrogen (secondary N) is 1. The maximum absolute atomic E-state index is 13.3. The van der Waals surface area contributed by atoms with Gasteiger partial charge in [0.15, 0.2) is 0 Å². The third kappa shape index (κ3) is 1.72. The molecule has 0 fully saturated rings. The summed E-state index contributed by atoms with van der Waals surface area (Å²) in [4.78, 5) is 0. The van der Waals surface area contributed by atoms with Gasteiger partial charge in [-0.05, 0) is 36.2 Å². The third-order valence-corrected chi connectivity index (χ3v) is 2.35. The summed E-state index contributed by atoms with van der Waals surface area (Å²) in [5.41, 5.74) is 2.12. The van der Waals surface area contributed by atoms with Crippen LogP contribution in [0.1, 0.15) is 16.7 Å². The molecule has 1 aliphatic rings. The molecule has 74 valence electrons. The molecule has 14 heavy (non-hydrogen) atoms. The number of hydrogen-bond donors (Lipinski definition) is 1. The molecule has 0 spiro atoms. The fourth-order valence-electron chi connectivity index (χ4n) is 1.67. The first-order valence-electron chi connectivity index (χ1n) is 4.24. The summed E-state index contributed by atoms with van der Waals surface area (Å²) in [7, 11) is 0. The van der Waals surface area contributed by atoms with E-state index in [0.717, 1.165) is 12.1 Å². The molecule has 1 aromatic rings. The van der Waals surface area contributed by atoms with Crippen LogP contribution in [0.15, 0.2) is 12.1 Å². The van der Waals surface area contributed by atoms with Gasteiger partial charge in [0.05, 0.1) is 11.6 Å². The molecule has 0 amide bonds. The molecular weight excluding hydrogens is 203 g/mol. The van der Waals surface area contributed by atoms with Crippen LogP contribution in [-0.4, -0.2) is 6.54 Å². The van der Waals surface area contributed by atoms with Gasteiger partial charge in [-0.1, -0.05) is 0 Å². The summed E-state index contributed by atoms with van der Waals surface area (Å²) in [6, 6.07) is 5.00. The molecule has 1 aromatic carbocycles. The lowest BCUT2D eigenvalue weighted by molar-refractivity contribution is 0.568. The molecule has 0 atom stereocenters. The minimum Gasteiger partial charge on any atom is -0.312 e. The van der Waals surface area contributed by atoms with E-state index in [4.69, 9.17) is 5.26 Å². The van der Waals surface area contributed by atoms with Crippen LogP contribution in [0, 0.1) is 17.1 Å². The van der Waals surface area contributed by atoms with E-state index < -0.39 is 0 Å². The van der Waals surface area contributed by atoms with Gasteiger partial charge in [0.2, 0.25) is 0 Å². The Morgan fingerprint density at radius 2 is 2.14 bits per heavy atom. The van der Waals surface area contributed by atoms with Crippen LogP contribution in [0.3, 0.4) is 0 Å². The smallest absolute Gasteiger partial charge is 0.126 e. The van der Waals surface area contributed by atoms with Crippen LogP contribution < -0.4 is 5.32 Å². The second kappa shape index (κ2) is 4.41. The topological polar surface area (TPSA) is 35.8 Å². The van der Waals surface area contributed by atoms with Crippen molar-refractivity contribution in [2.24, 2.45) is 0 Å². The molecule has 1 N–H and O–H groups in total. The fraction of sp³-hybridized carbons (Fsp3) is 0.300. The zero-order chi connectivity index (χ0) is 9.26. The molecule has 0 saturated carbocycles. The predicted molar refractivity (Wildman–Crippen MR) is 53.8 cm³/mol. The van der Waals surface area contributed by atoms with Gasteiger partial charge in [0, 0.05) is 6.54 Å². The third-order valence-electron chi connectivity index (χ3n) is 2.35. The molecule has 0 unspecified atom stereocenters. The van der Waals surface area contributed by atoms with Crippen LogP contribution in [-0.2, 0) is 13.0 Å². The number of hydrogen-bond acceptors (Lipinski definition) is 2. The van der Waals surface area contributed by atoms with Gasteiger partial charge in [-0.3, -0.25) is 0 Å². The van der Waals surface area contributed by atoms with E-state index in [1.807, 2.05) is 0 Å². The molecule has 1 heterocycles. The first-order valence-corrected chi connectivity index (χ1v) is 4.24. The molecule has 0 saturated heterocycles. The molecule has 0 bridgehead atoms. The van der Waals surface area contributed by atoms with Crippen molar-refractivity contribution in [3.05, 3.63) is 34.6 Å². The van der Waals surface area contributed by atoms with Gasteiger partial charge in [-0.2, -0.15) is 5.26 Å². The van der Waals surface area contributed by atoms with E-state index in [-0.39, 0.29) is 18.2 Å². The highest BCUT2D eigenvalue weighted by Crippen LogP contribution is 2.20. The number of benzene rings is 1. The van der Waals surface area contributed by atoms with Gasteiger partial charge >= 0.3 is 0 Å². The molecule has 1 aliphatic heterocycles. The van der Waals surface area contributed by atoms with Gasteiger partial charge in [0.1, 0.15) is 5.82 Å². The van der Waals surface area contributed by atoms with E-state index in [9.17, 15) is 4.39 Å². The Bertz CT molecular complexity index is 384. The van der Waals surface area contributed by atoms with Gasteiger partial charge in [-0.15, -0.1) is 12.4 Å². The molecular formula is C10H10ClFN2. The van der Waals surface area contributed by atoms with Crippen LogP contribution in [0.25, 0.3) is 0 Å². The zero-order valence-electron chi connectivity index (χ0n) is 7.51. The summed E-state index contributed by atoms with van der Waals surface area (Å²) in [5, 5.41) is 11.9. The molecule has 0 aliphatic carbocycles. The van der Waals surface area contributed by atoms with Crippen LogP contribution in [0.4, 0.5) is 4.39 Å². The number of halogens is 2. The van der Waals surface area contributed by atoms with Crippen molar-refractivity contribution in [3.63, 3.8) is 0 Å². The second-order valence-electron chi connectivity index (χ2n) is 3.09. The highest BCUT2D eigenvalue weighted by Gasteiger charge is 2.16. The lowest BCUT2D eigenvalue weighted by atomic mass is 9.96. The van der Waals surface area contributed by atoms with Gasteiger partial charge < -0.3 is 5.32 Å². The van der Waals surface area contributed by atoms with Crippen LogP contribution in [0.2, 0.25) is 0 Å². The van der Waals surface area contributed by atoms with Crippen LogP contribution >= 0.6 is 12.4 Å². The van der Waals surface area contributed by atoms with Crippen LogP contribution in [0.5, 0.6) is 0 Å². The second-order valence-corrected chi connectivity index (χ2v) is 3.09.